The molecule has 0 radical (unpaired) electrons. The molecule has 1 spiro atoms. The van der Waals surface area contributed by atoms with Crippen molar-refractivity contribution in [2.75, 3.05) is 24.3 Å². The number of hydrogen-bond donors (Lipinski definition) is 2. The first-order chi connectivity index (χ1) is 15.1. The molecule has 2 fully saturated rings. The fraction of sp³-hybridized carbons (Fsp3) is 0.348. The van der Waals surface area contributed by atoms with Crippen molar-refractivity contribution in [3.63, 3.8) is 0 Å². The number of carbonyl (C=O) groups excluding carboxylic acids is 2. The standard InChI is InChI=1S/C23H22N4O3S/c1-30-14-8-9-18-19(12-14)31-22(25-18)26-20(28)16-11-13-5-4-10-27(13)23(16)15-6-2-3-7-17(15)24-21(23)29/h2-3,6-9,12-13,16H,4-5,10-11H2,1H3,(H,24,29)(H,25,26,28). The highest BCUT2D eigenvalue weighted by atomic mass is 32.1. The van der Waals surface area contributed by atoms with Gasteiger partial charge in [-0.2, -0.15) is 0 Å². The maximum atomic E-state index is 13.6. The van der Waals surface area contributed by atoms with Gasteiger partial charge in [0.05, 0.1) is 23.2 Å². The van der Waals surface area contributed by atoms with Crippen molar-refractivity contribution in [2.45, 2.75) is 30.8 Å². The number of nitrogens with one attached hydrogen (secondary N) is 2. The minimum atomic E-state index is -0.943. The minimum Gasteiger partial charge on any atom is -0.497 e. The second-order valence-electron chi connectivity index (χ2n) is 8.39. The number of amides is 2. The van der Waals surface area contributed by atoms with E-state index in [-0.39, 0.29) is 17.9 Å². The third-order valence-electron chi connectivity index (χ3n) is 6.92. The van der Waals surface area contributed by atoms with E-state index in [1.807, 2.05) is 42.5 Å². The van der Waals surface area contributed by atoms with Crippen molar-refractivity contribution in [3.05, 3.63) is 48.0 Å². The SMILES string of the molecule is COc1ccc2nc(NC(=O)C3CC4CCCN4C34C(=O)Nc3ccccc34)sc2c1. The van der Waals surface area contributed by atoms with Gasteiger partial charge in [-0.05, 0) is 50.1 Å². The number of carbonyl (C=O) groups is 2. The lowest BCUT2D eigenvalue weighted by atomic mass is 9.78. The van der Waals surface area contributed by atoms with Gasteiger partial charge in [-0.25, -0.2) is 4.98 Å². The maximum Gasteiger partial charge on any atom is 0.250 e. The fourth-order valence-corrected chi connectivity index (χ4v) is 6.56. The Labute approximate surface area is 183 Å². The lowest BCUT2D eigenvalue weighted by Crippen LogP contribution is -2.53. The van der Waals surface area contributed by atoms with E-state index in [0.29, 0.717) is 11.6 Å². The molecule has 3 aliphatic heterocycles. The Morgan fingerprint density at radius 3 is 3.06 bits per heavy atom. The molecule has 0 aliphatic carbocycles. The number of anilines is 2. The molecule has 3 aliphatic rings. The van der Waals surface area contributed by atoms with E-state index < -0.39 is 11.5 Å². The van der Waals surface area contributed by atoms with Crippen LogP contribution in [0.15, 0.2) is 42.5 Å². The van der Waals surface area contributed by atoms with Crippen LogP contribution in [0.5, 0.6) is 5.75 Å². The van der Waals surface area contributed by atoms with Crippen molar-refractivity contribution in [1.29, 1.82) is 0 Å². The van der Waals surface area contributed by atoms with Crippen LogP contribution in [0.25, 0.3) is 10.2 Å². The van der Waals surface area contributed by atoms with Crippen LogP contribution >= 0.6 is 11.3 Å². The van der Waals surface area contributed by atoms with E-state index in [0.717, 1.165) is 46.6 Å². The zero-order valence-corrected chi connectivity index (χ0v) is 17.9. The molecule has 6 rings (SSSR count). The molecule has 2 aromatic carbocycles. The van der Waals surface area contributed by atoms with Crippen LogP contribution < -0.4 is 15.4 Å². The first-order valence-electron chi connectivity index (χ1n) is 10.5. The summed E-state index contributed by atoms with van der Waals surface area (Å²) in [5.41, 5.74) is 1.59. The summed E-state index contributed by atoms with van der Waals surface area (Å²) in [6.45, 7) is 0.830. The summed E-state index contributed by atoms with van der Waals surface area (Å²) in [5.74, 6) is 0.0474. The van der Waals surface area contributed by atoms with E-state index in [2.05, 4.69) is 20.5 Å². The van der Waals surface area contributed by atoms with Crippen molar-refractivity contribution < 1.29 is 14.3 Å². The van der Waals surface area contributed by atoms with Crippen LogP contribution in [0.3, 0.4) is 0 Å². The molecule has 0 saturated carbocycles. The van der Waals surface area contributed by atoms with Crippen molar-refractivity contribution in [2.24, 2.45) is 5.92 Å². The normalized spacial score (nSPS) is 26.8. The van der Waals surface area contributed by atoms with Crippen molar-refractivity contribution in [3.8, 4) is 5.75 Å². The fourth-order valence-electron chi connectivity index (χ4n) is 5.66. The average molecular weight is 435 g/mol. The summed E-state index contributed by atoms with van der Waals surface area (Å²) >= 11 is 1.42. The van der Waals surface area contributed by atoms with E-state index in [1.165, 1.54) is 11.3 Å². The molecule has 158 valence electrons. The first kappa shape index (κ1) is 18.8. The number of para-hydroxylation sites is 1. The Kier molecular flexibility index (Phi) is 4.10. The largest absolute Gasteiger partial charge is 0.497 e. The van der Waals surface area contributed by atoms with Gasteiger partial charge in [0.15, 0.2) is 5.13 Å². The highest BCUT2D eigenvalue weighted by Crippen LogP contribution is 2.55. The number of benzene rings is 2. The van der Waals surface area contributed by atoms with Gasteiger partial charge in [-0.1, -0.05) is 29.5 Å². The second-order valence-corrected chi connectivity index (χ2v) is 9.42. The summed E-state index contributed by atoms with van der Waals surface area (Å²) in [5, 5.41) is 6.61. The van der Waals surface area contributed by atoms with E-state index in [1.54, 1.807) is 7.11 Å². The Morgan fingerprint density at radius 1 is 1.32 bits per heavy atom. The third kappa shape index (κ3) is 2.58. The van der Waals surface area contributed by atoms with E-state index in [9.17, 15) is 9.59 Å². The van der Waals surface area contributed by atoms with Gasteiger partial charge in [0.2, 0.25) is 11.8 Å². The number of ether oxygens (including phenoxy) is 1. The molecule has 0 bridgehead atoms. The van der Waals surface area contributed by atoms with Gasteiger partial charge in [0.25, 0.3) is 0 Å². The Bertz CT molecular complexity index is 1220. The molecule has 3 atom stereocenters. The van der Waals surface area contributed by atoms with Gasteiger partial charge >= 0.3 is 0 Å². The third-order valence-corrected chi connectivity index (χ3v) is 7.85. The highest BCUT2D eigenvalue weighted by Gasteiger charge is 2.65. The lowest BCUT2D eigenvalue weighted by Gasteiger charge is -2.36. The van der Waals surface area contributed by atoms with E-state index >= 15 is 0 Å². The summed E-state index contributed by atoms with van der Waals surface area (Å²) < 4.78 is 6.23. The van der Waals surface area contributed by atoms with Crippen LogP contribution in [-0.2, 0) is 15.1 Å². The van der Waals surface area contributed by atoms with Crippen LogP contribution in [0, 0.1) is 5.92 Å². The molecule has 2 N–H and O–H groups in total. The number of methoxy groups -OCH3 is 1. The number of nitrogens with zero attached hydrogens (tertiary/aromatic N) is 2. The highest BCUT2D eigenvalue weighted by molar-refractivity contribution is 7.22. The molecule has 8 heteroatoms. The summed E-state index contributed by atoms with van der Waals surface area (Å²) in [7, 11) is 1.63. The number of hydrogen-bond acceptors (Lipinski definition) is 6. The zero-order valence-electron chi connectivity index (χ0n) is 17.1. The maximum absolute atomic E-state index is 13.6. The monoisotopic (exact) mass is 434 g/mol. The predicted octanol–water partition coefficient (Wildman–Crippen LogP) is 3.58. The quantitative estimate of drug-likeness (QED) is 0.658. The first-order valence-corrected chi connectivity index (χ1v) is 11.4. The molecule has 31 heavy (non-hydrogen) atoms. The predicted molar refractivity (Wildman–Crippen MR) is 119 cm³/mol. The van der Waals surface area contributed by atoms with Gasteiger partial charge in [-0.3, -0.25) is 14.5 Å². The topological polar surface area (TPSA) is 83.6 Å². The van der Waals surface area contributed by atoms with Crippen molar-refractivity contribution in [1.82, 2.24) is 9.88 Å². The van der Waals surface area contributed by atoms with Crippen LogP contribution in [0.1, 0.15) is 24.8 Å². The Balaban J connectivity index is 1.38. The number of rotatable bonds is 3. The summed E-state index contributed by atoms with van der Waals surface area (Å²) in [6.07, 6.45) is 2.74. The smallest absolute Gasteiger partial charge is 0.250 e. The molecule has 3 aromatic rings. The van der Waals surface area contributed by atoms with Crippen LogP contribution in [0.2, 0.25) is 0 Å². The molecule has 3 unspecified atom stereocenters. The molecule has 4 heterocycles. The molecule has 2 amide bonds. The average Bonchev–Trinajstić information content (AvgIpc) is 3.51. The second kappa shape index (κ2) is 6.77. The summed E-state index contributed by atoms with van der Waals surface area (Å²) in [4.78, 5) is 33.8. The number of aromatic nitrogens is 1. The van der Waals surface area contributed by atoms with Gasteiger partial charge in [-0.15, -0.1) is 0 Å². The van der Waals surface area contributed by atoms with Gasteiger partial charge < -0.3 is 15.4 Å². The summed E-state index contributed by atoms with van der Waals surface area (Å²) in [6, 6.07) is 13.7. The zero-order chi connectivity index (χ0) is 21.2. The Hall–Kier alpha value is -2.97. The van der Waals surface area contributed by atoms with Crippen LogP contribution in [0.4, 0.5) is 10.8 Å². The number of fused-ring (bicyclic) bond motifs is 5. The lowest BCUT2D eigenvalue weighted by molar-refractivity contribution is -0.135. The molecule has 2 saturated heterocycles. The number of thiazole rings is 1. The van der Waals surface area contributed by atoms with Gasteiger partial charge in [0, 0.05) is 17.3 Å². The molecule has 7 nitrogen and oxygen atoms in total. The molecular formula is C23H22N4O3S. The van der Waals surface area contributed by atoms with Crippen LogP contribution in [-0.4, -0.2) is 41.4 Å². The van der Waals surface area contributed by atoms with Gasteiger partial charge in [0.1, 0.15) is 11.3 Å². The minimum absolute atomic E-state index is 0.0905. The van der Waals surface area contributed by atoms with Crippen molar-refractivity contribution >= 4 is 44.2 Å². The Morgan fingerprint density at radius 2 is 2.19 bits per heavy atom. The molecule has 1 aromatic heterocycles. The molecular weight excluding hydrogens is 412 g/mol. The van der Waals surface area contributed by atoms with E-state index in [4.69, 9.17) is 4.74 Å².